The number of nitrogens with one attached hydrogen (secondary N) is 1. The molecule has 2 heterocycles. The Balaban J connectivity index is 1.75. The first-order valence-corrected chi connectivity index (χ1v) is 7.67. The van der Waals surface area contributed by atoms with Crippen molar-refractivity contribution >= 4 is 5.91 Å². The van der Waals surface area contributed by atoms with Gasteiger partial charge in [-0.1, -0.05) is 30.3 Å². The van der Waals surface area contributed by atoms with E-state index in [1.807, 2.05) is 32.0 Å². The Morgan fingerprint density at radius 2 is 2.00 bits per heavy atom. The fraction of sp³-hybridized carbons (Fsp3) is 0.588. The van der Waals surface area contributed by atoms with Crippen LogP contribution in [0, 0.1) is 5.92 Å². The molecular formula is C17H24N2O. The van der Waals surface area contributed by atoms with Gasteiger partial charge in [0.05, 0.1) is 5.41 Å². The minimum Gasteiger partial charge on any atom is -0.342 e. The molecule has 0 aliphatic carbocycles. The Morgan fingerprint density at radius 3 is 2.75 bits per heavy atom. The molecule has 0 bridgehead atoms. The van der Waals surface area contributed by atoms with E-state index < -0.39 is 5.41 Å². The highest BCUT2D eigenvalue weighted by Gasteiger charge is 2.39. The first kappa shape index (κ1) is 13.6. The van der Waals surface area contributed by atoms with Gasteiger partial charge in [0, 0.05) is 19.1 Å². The molecule has 20 heavy (non-hydrogen) atoms. The van der Waals surface area contributed by atoms with Crippen molar-refractivity contribution in [1.29, 1.82) is 0 Å². The maximum atomic E-state index is 12.9. The maximum Gasteiger partial charge on any atom is 0.232 e. The second-order valence-electron chi connectivity index (χ2n) is 6.64. The molecular weight excluding hydrogens is 248 g/mol. The number of hydrogen-bond donors (Lipinski definition) is 1. The standard InChI is InChI=1S/C17H24N2O/c1-17(2,14-6-4-3-5-7-14)16(20)19-11-9-15-13(12-19)8-10-18-15/h3-7,13,15,18H,8-12H2,1-2H3. The van der Waals surface area contributed by atoms with E-state index in [2.05, 4.69) is 22.3 Å². The fourth-order valence-corrected chi connectivity index (χ4v) is 3.61. The van der Waals surface area contributed by atoms with E-state index in [1.54, 1.807) is 0 Å². The van der Waals surface area contributed by atoms with Gasteiger partial charge in [0.2, 0.25) is 5.91 Å². The van der Waals surface area contributed by atoms with Crippen LogP contribution in [0.5, 0.6) is 0 Å². The molecule has 3 rings (SSSR count). The molecule has 3 nitrogen and oxygen atoms in total. The Labute approximate surface area is 121 Å². The van der Waals surface area contributed by atoms with Gasteiger partial charge >= 0.3 is 0 Å². The molecule has 2 aliphatic heterocycles. The van der Waals surface area contributed by atoms with E-state index >= 15 is 0 Å². The summed E-state index contributed by atoms with van der Waals surface area (Å²) in [6.45, 7) is 7.02. The molecule has 2 atom stereocenters. The summed E-state index contributed by atoms with van der Waals surface area (Å²) in [4.78, 5) is 15.0. The van der Waals surface area contributed by atoms with Crippen molar-refractivity contribution in [1.82, 2.24) is 10.2 Å². The molecule has 1 N–H and O–H groups in total. The van der Waals surface area contributed by atoms with Crippen molar-refractivity contribution in [3.63, 3.8) is 0 Å². The minimum atomic E-state index is -0.430. The van der Waals surface area contributed by atoms with Gasteiger partial charge in [-0.05, 0) is 44.7 Å². The van der Waals surface area contributed by atoms with E-state index in [4.69, 9.17) is 0 Å². The van der Waals surface area contributed by atoms with Crippen molar-refractivity contribution in [3.8, 4) is 0 Å². The van der Waals surface area contributed by atoms with Crippen LogP contribution in [0.1, 0.15) is 32.3 Å². The molecule has 1 amide bonds. The third kappa shape index (κ3) is 2.35. The predicted molar refractivity (Wildman–Crippen MR) is 80.6 cm³/mol. The number of hydrogen-bond acceptors (Lipinski definition) is 2. The number of piperidine rings is 1. The van der Waals surface area contributed by atoms with Crippen LogP contribution in [-0.2, 0) is 10.2 Å². The molecule has 2 fully saturated rings. The van der Waals surface area contributed by atoms with Gasteiger partial charge < -0.3 is 10.2 Å². The number of carbonyl (C=O) groups is 1. The normalized spacial score (nSPS) is 26.4. The lowest BCUT2D eigenvalue weighted by Gasteiger charge is -2.39. The highest BCUT2D eigenvalue weighted by molar-refractivity contribution is 5.87. The van der Waals surface area contributed by atoms with Gasteiger partial charge in [0.15, 0.2) is 0 Å². The third-order valence-corrected chi connectivity index (χ3v) is 4.97. The number of benzene rings is 1. The molecule has 0 saturated carbocycles. The molecule has 0 aromatic heterocycles. The third-order valence-electron chi connectivity index (χ3n) is 4.97. The van der Waals surface area contributed by atoms with Gasteiger partial charge in [0.25, 0.3) is 0 Å². The average molecular weight is 272 g/mol. The molecule has 0 radical (unpaired) electrons. The SMILES string of the molecule is CC(C)(C(=O)N1CCC2NCCC2C1)c1ccccc1. The van der Waals surface area contributed by atoms with Crippen molar-refractivity contribution in [2.45, 2.75) is 38.1 Å². The molecule has 2 aliphatic rings. The van der Waals surface area contributed by atoms with Crippen LogP contribution in [0.4, 0.5) is 0 Å². The largest absolute Gasteiger partial charge is 0.342 e. The van der Waals surface area contributed by atoms with Crippen molar-refractivity contribution in [3.05, 3.63) is 35.9 Å². The lowest BCUT2D eigenvalue weighted by Crippen LogP contribution is -2.51. The summed E-state index contributed by atoms with van der Waals surface area (Å²) in [6, 6.07) is 10.8. The van der Waals surface area contributed by atoms with E-state index in [-0.39, 0.29) is 5.91 Å². The molecule has 1 aromatic rings. The van der Waals surface area contributed by atoms with Crippen LogP contribution in [-0.4, -0.2) is 36.5 Å². The zero-order valence-electron chi connectivity index (χ0n) is 12.4. The Bertz CT molecular complexity index is 483. The fourth-order valence-electron chi connectivity index (χ4n) is 3.61. The van der Waals surface area contributed by atoms with Crippen molar-refractivity contribution in [2.24, 2.45) is 5.92 Å². The van der Waals surface area contributed by atoms with Crippen LogP contribution < -0.4 is 5.32 Å². The second-order valence-corrected chi connectivity index (χ2v) is 6.64. The van der Waals surface area contributed by atoms with Gasteiger partial charge in [-0.25, -0.2) is 0 Å². The van der Waals surface area contributed by atoms with Gasteiger partial charge in [-0.3, -0.25) is 4.79 Å². The molecule has 3 heteroatoms. The molecule has 2 saturated heterocycles. The summed E-state index contributed by atoms with van der Waals surface area (Å²) in [5.41, 5.74) is 0.678. The highest BCUT2D eigenvalue weighted by atomic mass is 16.2. The monoisotopic (exact) mass is 272 g/mol. The first-order chi connectivity index (χ1) is 9.59. The van der Waals surface area contributed by atoms with E-state index in [9.17, 15) is 4.79 Å². The summed E-state index contributed by atoms with van der Waals surface area (Å²) in [7, 11) is 0. The number of rotatable bonds is 2. The van der Waals surface area contributed by atoms with E-state index in [0.717, 1.165) is 31.6 Å². The zero-order chi connectivity index (χ0) is 14.2. The summed E-state index contributed by atoms with van der Waals surface area (Å²) in [5.74, 6) is 0.924. The zero-order valence-corrected chi connectivity index (χ0v) is 12.4. The summed E-state index contributed by atoms with van der Waals surface area (Å²) >= 11 is 0. The first-order valence-electron chi connectivity index (χ1n) is 7.67. The molecule has 0 spiro atoms. The highest BCUT2D eigenvalue weighted by Crippen LogP contribution is 2.30. The Kier molecular flexibility index (Phi) is 3.55. The van der Waals surface area contributed by atoms with Crippen LogP contribution in [0.25, 0.3) is 0 Å². The summed E-state index contributed by atoms with van der Waals surface area (Å²) < 4.78 is 0. The Hall–Kier alpha value is -1.35. The molecule has 2 unspecified atom stereocenters. The number of nitrogens with zero attached hydrogens (tertiary/aromatic N) is 1. The maximum absolute atomic E-state index is 12.9. The lowest BCUT2D eigenvalue weighted by molar-refractivity contribution is -0.138. The number of fused-ring (bicyclic) bond motifs is 1. The smallest absolute Gasteiger partial charge is 0.232 e. The predicted octanol–water partition coefficient (Wildman–Crippen LogP) is 2.17. The average Bonchev–Trinajstić information content (AvgIpc) is 2.94. The summed E-state index contributed by atoms with van der Waals surface area (Å²) in [5, 5.41) is 3.55. The molecule has 1 aromatic carbocycles. The summed E-state index contributed by atoms with van der Waals surface area (Å²) in [6.07, 6.45) is 2.31. The van der Waals surface area contributed by atoms with Crippen LogP contribution >= 0.6 is 0 Å². The molecule has 108 valence electrons. The van der Waals surface area contributed by atoms with Crippen LogP contribution in [0.2, 0.25) is 0 Å². The minimum absolute atomic E-state index is 0.272. The van der Waals surface area contributed by atoms with Crippen LogP contribution in [0.3, 0.4) is 0 Å². The number of amides is 1. The number of likely N-dealkylation sites (tertiary alicyclic amines) is 1. The van der Waals surface area contributed by atoms with Crippen molar-refractivity contribution < 1.29 is 4.79 Å². The van der Waals surface area contributed by atoms with Gasteiger partial charge in [-0.15, -0.1) is 0 Å². The topological polar surface area (TPSA) is 32.3 Å². The van der Waals surface area contributed by atoms with Gasteiger partial charge in [-0.2, -0.15) is 0 Å². The van der Waals surface area contributed by atoms with Gasteiger partial charge in [0.1, 0.15) is 0 Å². The van der Waals surface area contributed by atoms with Crippen molar-refractivity contribution in [2.75, 3.05) is 19.6 Å². The lowest BCUT2D eigenvalue weighted by atomic mass is 9.82. The number of carbonyl (C=O) groups excluding carboxylic acids is 1. The van der Waals surface area contributed by atoms with E-state index in [0.29, 0.717) is 12.0 Å². The quantitative estimate of drug-likeness (QED) is 0.895. The Morgan fingerprint density at radius 1 is 1.25 bits per heavy atom. The van der Waals surface area contributed by atoms with Crippen LogP contribution in [0.15, 0.2) is 30.3 Å². The van der Waals surface area contributed by atoms with E-state index in [1.165, 1.54) is 6.42 Å². The second kappa shape index (κ2) is 5.21.